The molecule has 0 bridgehead atoms. The lowest BCUT2D eigenvalue weighted by atomic mass is 10.0. The predicted molar refractivity (Wildman–Crippen MR) is 89.9 cm³/mol. The van der Waals surface area contributed by atoms with Gasteiger partial charge in [-0.15, -0.1) is 0 Å². The molecule has 0 aliphatic heterocycles. The Morgan fingerprint density at radius 2 is 1.77 bits per heavy atom. The highest BCUT2D eigenvalue weighted by atomic mass is 16.2. The Morgan fingerprint density at radius 3 is 2.41 bits per heavy atom. The van der Waals surface area contributed by atoms with Crippen molar-refractivity contribution >= 4 is 11.6 Å². The number of benzene rings is 2. The van der Waals surface area contributed by atoms with Crippen molar-refractivity contribution < 1.29 is 4.79 Å². The lowest BCUT2D eigenvalue weighted by Gasteiger charge is -2.20. The molecular weight excluding hydrogens is 272 g/mol. The van der Waals surface area contributed by atoms with E-state index in [0.717, 1.165) is 24.1 Å². The number of carbonyl (C=O) groups excluding carboxylic acids is 1. The van der Waals surface area contributed by atoms with Gasteiger partial charge in [-0.3, -0.25) is 4.79 Å². The summed E-state index contributed by atoms with van der Waals surface area (Å²) in [5.74, 6) is 0.0481. The van der Waals surface area contributed by atoms with Crippen molar-refractivity contribution in [2.24, 2.45) is 0 Å². The molecule has 3 heteroatoms. The van der Waals surface area contributed by atoms with Crippen molar-refractivity contribution in [2.75, 3.05) is 5.32 Å². The van der Waals surface area contributed by atoms with Gasteiger partial charge >= 0.3 is 0 Å². The highest BCUT2D eigenvalue weighted by Crippen LogP contribution is 2.24. The Bertz CT molecular complexity index is 662. The fourth-order valence-corrected chi connectivity index (χ4v) is 2.46. The van der Waals surface area contributed by atoms with E-state index in [0.29, 0.717) is 6.04 Å². The van der Waals surface area contributed by atoms with Gasteiger partial charge in [-0.2, -0.15) is 0 Å². The molecular formula is C19H22N2O. The molecule has 0 aromatic heterocycles. The van der Waals surface area contributed by atoms with Gasteiger partial charge in [-0.05, 0) is 55.5 Å². The van der Waals surface area contributed by atoms with E-state index in [-0.39, 0.29) is 11.9 Å². The number of hydrogen-bond donors (Lipinski definition) is 2. The molecule has 2 aromatic carbocycles. The van der Waals surface area contributed by atoms with E-state index in [2.05, 4.69) is 36.6 Å². The van der Waals surface area contributed by atoms with E-state index in [1.165, 1.54) is 11.1 Å². The van der Waals surface area contributed by atoms with Crippen LogP contribution in [-0.2, 0) is 4.79 Å². The summed E-state index contributed by atoms with van der Waals surface area (Å²) in [6.07, 6.45) is 2.19. The van der Waals surface area contributed by atoms with Crippen molar-refractivity contribution in [1.29, 1.82) is 0 Å². The van der Waals surface area contributed by atoms with Crippen molar-refractivity contribution in [1.82, 2.24) is 5.32 Å². The third-order valence-electron chi connectivity index (χ3n) is 4.14. The third-order valence-corrected chi connectivity index (χ3v) is 4.14. The number of rotatable bonds is 5. The van der Waals surface area contributed by atoms with Crippen molar-refractivity contribution in [3.63, 3.8) is 0 Å². The SMILES string of the molecule is Cc1ccc(NC(C(=O)NC2CC2)c2ccccc2)cc1C. The smallest absolute Gasteiger partial charge is 0.247 e. The largest absolute Gasteiger partial charge is 0.370 e. The summed E-state index contributed by atoms with van der Waals surface area (Å²) in [6.45, 7) is 4.18. The maximum atomic E-state index is 12.6. The quantitative estimate of drug-likeness (QED) is 0.882. The lowest BCUT2D eigenvalue weighted by molar-refractivity contribution is -0.122. The molecule has 2 aromatic rings. The Morgan fingerprint density at radius 1 is 1.05 bits per heavy atom. The summed E-state index contributed by atoms with van der Waals surface area (Å²) < 4.78 is 0. The average Bonchev–Trinajstić information content (AvgIpc) is 3.33. The first-order valence-electron chi connectivity index (χ1n) is 7.82. The summed E-state index contributed by atoms with van der Waals surface area (Å²) in [5.41, 5.74) is 4.44. The lowest BCUT2D eigenvalue weighted by Crippen LogP contribution is -2.34. The van der Waals surface area contributed by atoms with Crippen LogP contribution < -0.4 is 10.6 Å². The topological polar surface area (TPSA) is 41.1 Å². The number of anilines is 1. The standard InChI is InChI=1S/C19H22N2O/c1-13-8-9-17(12-14(13)2)20-18(15-6-4-3-5-7-15)19(22)21-16-10-11-16/h3-9,12,16,18,20H,10-11H2,1-2H3,(H,21,22). The van der Waals surface area contributed by atoms with Crippen LogP contribution in [0.3, 0.4) is 0 Å². The van der Waals surface area contributed by atoms with Crippen LogP contribution in [0.15, 0.2) is 48.5 Å². The molecule has 3 rings (SSSR count). The van der Waals surface area contributed by atoms with E-state index in [4.69, 9.17) is 0 Å². The minimum absolute atomic E-state index is 0.0481. The molecule has 1 fully saturated rings. The first-order valence-corrected chi connectivity index (χ1v) is 7.82. The molecule has 1 atom stereocenters. The summed E-state index contributed by atoms with van der Waals surface area (Å²) in [5, 5.41) is 6.48. The number of amides is 1. The first-order chi connectivity index (χ1) is 10.6. The van der Waals surface area contributed by atoms with Gasteiger partial charge in [-0.1, -0.05) is 36.4 Å². The summed E-state index contributed by atoms with van der Waals surface area (Å²) in [4.78, 5) is 12.6. The molecule has 0 spiro atoms. The van der Waals surface area contributed by atoms with Crippen LogP contribution in [0.25, 0.3) is 0 Å². The van der Waals surface area contributed by atoms with Crippen molar-refractivity contribution in [2.45, 2.75) is 38.8 Å². The zero-order valence-corrected chi connectivity index (χ0v) is 13.1. The molecule has 1 aliphatic rings. The van der Waals surface area contributed by atoms with Crippen LogP contribution in [0.2, 0.25) is 0 Å². The zero-order valence-electron chi connectivity index (χ0n) is 13.1. The van der Waals surface area contributed by atoms with Gasteiger partial charge in [-0.25, -0.2) is 0 Å². The highest BCUT2D eigenvalue weighted by molar-refractivity contribution is 5.86. The van der Waals surface area contributed by atoms with Crippen molar-refractivity contribution in [3.05, 3.63) is 65.2 Å². The Labute approximate surface area is 131 Å². The van der Waals surface area contributed by atoms with Crippen LogP contribution in [-0.4, -0.2) is 11.9 Å². The van der Waals surface area contributed by atoms with E-state index in [1.807, 2.05) is 36.4 Å². The van der Waals surface area contributed by atoms with E-state index >= 15 is 0 Å². The van der Waals surface area contributed by atoms with Crippen LogP contribution in [0.5, 0.6) is 0 Å². The molecule has 0 heterocycles. The molecule has 2 N–H and O–H groups in total. The molecule has 0 saturated heterocycles. The molecule has 114 valence electrons. The molecule has 22 heavy (non-hydrogen) atoms. The maximum Gasteiger partial charge on any atom is 0.247 e. The number of hydrogen-bond acceptors (Lipinski definition) is 2. The molecule has 1 unspecified atom stereocenters. The molecule has 0 radical (unpaired) electrons. The van der Waals surface area contributed by atoms with Crippen LogP contribution in [0.4, 0.5) is 5.69 Å². The number of carbonyl (C=O) groups is 1. The van der Waals surface area contributed by atoms with Crippen LogP contribution in [0.1, 0.15) is 35.6 Å². The monoisotopic (exact) mass is 294 g/mol. The molecule has 1 saturated carbocycles. The third kappa shape index (κ3) is 3.48. The Hall–Kier alpha value is -2.29. The van der Waals surface area contributed by atoms with Gasteiger partial charge in [0, 0.05) is 11.7 Å². The summed E-state index contributed by atoms with van der Waals surface area (Å²) in [7, 11) is 0. The Balaban J connectivity index is 1.83. The zero-order chi connectivity index (χ0) is 15.5. The van der Waals surface area contributed by atoms with Gasteiger partial charge in [0.1, 0.15) is 6.04 Å². The highest BCUT2D eigenvalue weighted by Gasteiger charge is 2.28. The second-order valence-electron chi connectivity index (χ2n) is 6.07. The van der Waals surface area contributed by atoms with Crippen LogP contribution >= 0.6 is 0 Å². The van der Waals surface area contributed by atoms with Crippen molar-refractivity contribution in [3.8, 4) is 0 Å². The molecule has 1 aliphatic carbocycles. The first kappa shape index (κ1) is 14.6. The van der Waals surface area contributed by atoms with E-state index in [9.17, 15) is 4.79 Å². The second-order valence-corrected chi connectivity index (χ2v) is 6.07. The number of nitrogens with one attached hydrogen (secondary N) is 2. The van der Waals surface area contributed by atoms with Gasteiger partial charge in [0.05, 0.1) is 0 Å². The van der Waals surface area contributed by atoms with Gasteiger partial charge < -0.3 is 10.6 Å². The summed E-state index contributed by atoms with van der Waals surface area (Å²) >= 11 is 0. The van der Waals surface area contributed by atoms with Gasteiger partial charge in [0.15, 0.2) is 0 Å². The minimum atomic E-state index is -0.357. The second kappa shape index (κ2) is 6.22. The molecule has 3 nitrogen and oxygen atoms in total. The van der Waals surface area contributed by atoms with Crippen LogP contribution in [0, 0.1) is 13.8 Å². The van der Waals surface area contributed by atoms with Gasteiger partial charge in [0.2, 0.25) is 5.91 Å². The average molecular weight is 294 g/mol. The number of aryl methyl sites for hydroxylation is 2. The molecule has 1 amide bonds. The fourth-order valence-electron chi connectivity index (χ4n) is 2.46. The fraction of sp³-hybridized carbons (Fsp3) is 0.316. The van der Waals surface area contributed by atoms with E-state index < -0.39 is 0 Å². The maximum absolute atomic E-state index is 12.6. The Kier molecular flexibility index (Phi) is 4.14. The van der Waals surface area contributed by atoms with Gasteiger partial charge in [0.25, 0.3) is 0 Å². The normalized spacial score (nSPS) is 15.2. The van der Waals surface area contributed by atoms with E-state index in [1.54, 1.807) is 0 Å². The summed E-state index contributed by atoms with van der Waals surface area (Å²) in [6, 6.07) is 16.1. The predicted octanol–water partition coefficient (Wildman–Crippen LogP) is 3.74. The minimum Gasteiger partial charge on any atom is -0.370 e.